The number of nitrogens with one attached hydrogen (secondary N) is 2. The molecule has 0 aliphatic carbocycles. The Hall–Kier alpha value is -3.33. The molecular formula is C26H25N3O3S2. The van der Waals surface area contributed by atoms with E-state index in [4.69, 9.17) is 0 Å². The summed E-state index contributed by atoms with van der Waals surface area (Å²) in [4.78, 5) is 17.5. The molecule has 34 heavy (non-hydrogen) atoms. The maximum Gasteiger partial charge on any atom is 0.241 e. The van der Waals surface area contributed by atoms with Crippen LogP contribution >= 0.6 is 11.3 Å². The van der Waals surface area contributed by atoms with Crippen molar-refractivity contribution in [3.63, 3.8) is 0 Å². The lowest BCUT2D eigenvalue weighted by molar-refractivity contribution is -0.116. The number of hydrogen-bond acceptors (Lipinski definition) is 5. The van der Waals surface area contributed by atoms with Crippen LogP contribution in [-0.2, 0) is 14.8 Å². The molecule has 0 aliphatic heterocycles. The molecule has 1 amide bonds. The van der Waals surface area contributed by atoms with Gasteiger partial charge in [0.2, 0.25) is 15.9 Å². The van der Waals surface area contributed by atoms with Crippen molar-refractivity contribution < 1.29 is 13.2 Å². The maximum absolute atomic E-state index is 13.0. The monoisotopic (exact) mass is 491 g/mol. The van der Waals surface area contributed by atoms with Gasteiger partial charge in [-0.25, -0.2) is 18.1 Å². The van der Waals surface area contributed by atoms with Crippen LogP contribution in [0.4, 0.5) is 5.13 Å². The Bertz CT molecular complexity index is 1370. The lowest BCUT2D eigenvalue weighted by Crippen LogP contribution is -2.31. The second-order valence-corrected chi connectivity index (χ2v) is 10.6. The summed E-state index contributed by atoms with van der Waals surface area (Å²) in [6, 6.07) is 22.9. The van der Waals surface area contributed by atoms with Gasteiger partial charge < -0.3 is 5.32 Å². The SMILES string of the molecule is Cc1ccc(-c2csc(NC(=O)C[C@@H](NS(=O)(=O)c3ccc(C)cc3)c3ccccc3)n2)cc1. The number of nitrogens with zero attached hydrogens (tertiary/aromatic N) is 1. The zero-order valence-corrected chi connectivity index (χ0v) is 20.5. The van der Waals surface area contributed by atoms with Crippen molar-refractivity contribution in [3.05, 3.63) is 101 Å². The Kier molecular flexibility index (Phi) is 7.21. The van der Waals surface area contributed by atoms with Crippen molar-refractivity contribution in [3.8, 4) is 11.3 Å². The van der Waals surface area contributed by atoms with Crippen LogP contribution < -0.4 is 10.0 Å². The normalized spacial score (nSPS) is 12.3. The van der Waals surface area contributed by atoms with E-state index in [1.54, 1.807) is 36.4 Å². The van der Waals surface area contributed by atoms with Crippen molar-refractivity contribution in [1.29, 1.82) is 0 Å². The summed E-state index contributed by atoms with van der Waals surface area (Å²) in [5.41, 5.74) is 4.57. The molecule has 174 valence electrons. The highest BCUT2D eigenvalue weighted by Gasteiger charge is 2.24. The van der Waals surface area contributed by atoms with Gasteiger partial charge in [-0.2, -0.15) is 0 Å². The minimum Gasteiger partial charge on any atom is -0.302 e. The largest absolute Gasteiger partial charge is 0.302 e. The fourth-order valence-corrected chi connectivity index (χ4v) is 5.39. The lowest BCUT2D eigenvalue weighted by Gasteiger charge is -2.19. The van der Waals surface area contributed by atoms with Gasteiger partial charge in [0.25, 0.3) is 0 Å². The minimum absolute atomic E-state index is 0.0749. The number of benzene rings is 3. The molecule has 1 heterocycles. The van der Waals surface area contributed by atoms with Crippen molar-refractivity contribution in [1.82, 2.24) is 9.71 Å². The summed E-state index contributed by atoms with van der Waals surface area (Å²) >= 11 is 1.33. The third-order valence-electron chi connectivity index (χ3n) is 5.32. The topological polar surface area (TPSA) is 88.2 Å². The van der Waals surface area contributed by atoms with E-state index in [0.29, 0.717) is 10.7 Å². The number of aromatic nitrogens is 1. The van der Waals surface area contributed by atoms with Crippen LogP contribution in [-0.4, -0.2) is 19.3 Å². The number of carbonyl (C=O) groups excluding carboxylic acids is 1. The molecule has 2 N–H and O–H groups in total. The second kappa shape index (κ2) is 10.3. The third kappa shape index (κ3) is 5.96. The first-order chi connectivity index (χ1) is 16.3. The molecule has 0 bridgehead atoms. The predicted octanol–water partition coefficient (Wildman–Crippen LogP) is 5.48. The first kappa shape index (κ1) is 23.8. The summed E-state index contributed by atoms with van der Waals surface area (Å²) in [6.07, 6.45) is -0.0749. The van der Waals surface area contributed by atoms with E-state index in [2.05, 4.69) is 15.0 Å². The summed E-state index contributed by atoms with van der Waals surface area (Å²) in [5.74, 6) is -0.328. The van der Waals surface area contributed by atoms with Crippen LogP contribution in [0.2, 0.25) is 0 Å². The number of thiazole rings is 1. The van der Waals surface area contributed by atoms with Gasteiger partial charge in [0.15, 0.2) is 5.13 Å². The summed E-state index contributed by atoms with van der Waals surface area (Å²) < 4.78 is 28.7. The molecule has 1 atom stereocenters. The molecule has 0 saturated carbocycles. The van der Waals surface area contributed by atoms with E-state index in [1.165, 1.54) is 11.3 Å². The van der Waals surface area contributed by atoms with Crippen LogP contribution in [0.15, 0.2) is 89.1 Å². The molecule has 0 unspecified atom stereocenters. The molecule has 0 saturated heterocycles. The van der Waals surface area contributed by atoms with Crippen LogP contribution in [0, 0.1) is 13.8 Å². The molecule has 0 radical (unpaired) electrons. The van der Waals surface area contributed by atoms with Gasteiger partial charge in [-0.05, 0) is 31.5 Å². The molecule has 0 spiro atoms. The average molecular weight is 492 g/mol. The molecule has 0 fully saturated rings. The number of hydrogen-bond donors (Lipinski definition) is 2. The lowest BCUT2D eigenvalue weighted by atomic mass is 10.0. The third-order valence-corrected chi connectivity index (χ3v) is 7.56. The molecule has 8 heteroatoms. The smallest absolute Gasteiger partial charge is 0.241 e. The Morgan fingerprint density at radius 3 is 2.18 bits per heavy atom. The molecule has 0 aliphatic rings. The van der Waals surface area contributed by atoms with Gasteiger partial charge >= 0.3 is 0 Å². The number of aryl methyl sites for hydroxylation is 2. The Morgan fingerprint density at radius 2 is 1.53 bits per heavy atom. The Balaban J connectivity index is 1.50. The van der Waals surface area contributed by atoms with Crippen LogP contribution in [0.3, 0.4) is 0 Å². The number of anilines is 1. The molecule has 4 rings (SSSR count). The van der Waals surface area contributed by atoms with E-state index >= 15 is 0 Å². The molecule has 1 aromatic heterocycles. The van der Waals surface area contributed by atoms with Crippen LogP contribution in [0.5, 0.6) is 0 Å². The fraction of sp³-hybridized carbons (Fsp3) is 0.154. The Labute approximate surface area is 203 Å². The fourth-order valence-electron chi connectivity index (χ4n) is 3.43. The van der Waals surface area contributed by atoms with E-state index in [1.807, 2.05) is 61.7 Å². The second-order valence-electron chi connectivity index (χ2n) is 8.05. The zero-order valence-electron chi connectivity index (χ0n) is 18.9. The van der Waals surface area contributed by atoms with Gasteiger partial charge in [0.05, 0.1) is 16.6 Å². The molecule has 6 nitrogen and oxygen atoms in total. The zero-order chi connectivity index (χ0) is 24.1. The standard InChI is InChI=1S/C26H25N3O3S2/c1-18-8-12-21(13-9-18)24-17-33-26(27-24)28-25(30)16-23(20-6-4-3-5-7-20)29-34(31,32)22-14-10-19(2)11-15-22/h3-15,17,23,29H,16H2,1-2H3,(H,27,28,30)/t23-/m1/s1. The summed E-state index contributed by atoms with van der Waals surface area (Å²) in [5, 5.41) is 5.16. The summed E-state index contributed by atoms with van der Waals surface area (Å²) in [6.45, 7) is 3.91. The maximum atomic E-state index is 13.0. The number of sulfonamides is 1. The summed E-state index contributed by atoms with van der Waals surface area (Å²) in [7, 11) is -3.82. The van der Waals surface area contributed by atoms with Gasteiger partial charge in [-0.3, -0.25) is 4.79 Å². The number of amides is 1. The van der Waals surface area contributed by atoms with Crippen molar-refractivity contribution in [2.45, 2.75) is 31.2 Å². The van der Waals surface area contributed by atoms with Crippen molar-refractivity contribution in [2.75, 3.05) is 5.32 Å². The molecule has 4 aromatic rings. The first-order valence-electron chi connectivity index (χ1n) is 10.8. The van der Waals surface area contributed by atoms with Gasteiger partial charge in [-0.1, -0.05) is 77.9 Å². The van der Waals surface area contributed by atoms with Gasteiger partial charge in [-0.15, -0.1) is 11.3 Å². The highest BCUT2D eigenvalue weighted by Crippen LogP contribution is 2.26. The molecular weight excluding hydrogens is 466 g/mol. The van der Waals surface area contributed by atoms with Crippen molar-refractivity contribution in [2.24, 2.45) is 0 Å². The Morgan fingerprint density at radius 1 is 0.912 bits per heavy atom. The van der Waals surface area contributed by atoms with E-state index in [9.17, 15) is 13.2 Å². The highest BCUT2D eigenvalue weighted by molar-refractivity contribution is 7.89. The number of carbonyl (C=O) groups is 1. The van der Waals surface area contributed by atoms with Crippen LogP contribution in [0.25, 0.3) is 11.3 Å². The first-order valence-corrected chi connectivity index (χ1v) is 13.1. The predicted molar refractivity (Wildman–Crippen MR) is 136 cm³/mol. The minimum atomic E-state index is -3.82. The van der Waals surface area contributed by atoms with Gasteiger partial charge in [0.1, 0.15) is 0 Å². The van der Waals surface area contributed by atoms with E-state index in [0.717, 1.165) is 22.4 Å². The highest BCUT2D eigenvalue weighted by atomic mass is 32.2. The molecule has 3 aromatic carbocycles. The van der Waals surface area contributed by atoms with E-state index in [-0.39, 0.29) is 17.2 Å². The number of rotatable bonds is 8. The van der Waals surface area contributed by atoms with Gasteiger partial charge in [0, 0.05) is 17.4 Å². The van der Waals surface area contributed by atoms with E-state index < -0.39 is 16.1 Å². The average Bonchev–Trinajstić information content (AvgIpc) is 3.28. The quantitative estimate of drug-likeness (QED) is 0.342. The van der Waals surface area contributed by atoms with Crippen LogP contribution in [0.1, 0.15) is 29.2 Å². The van der Waals surface area contributed by atoms with Crippen molar-refractivity contribution >= 4 is 32.4 Å².